The van der Waals surface area contributed by atoms with Crippen molar-refractivity contribution in [2.75, 3.05) is 18.6 Å². The third-order valence-electron chi connectivity index (χ3n) is 3.35. The molecule has 0 unspecified atom stereocenters. The van der Waals surface area contributed by atoms with Gasteiger partial charge in [-0.25, -0.2) is 0 Å². The van der Waals surface area contributed by atoms with Crippen molar-refractivity contribution in [2.24, 2.45) is 5.41 Å². The van der Waals surface area contributed by atoms with Gasteiger partial charge < -0.3 is 4.74 Å². The number of thioether (sulfide) groups is 1. The van der Waals surface area contributed by atoms with Crippen molar-refractivity contribution < 1.29 is 4.74 Å². The van der Waals surface area contributed by atoms with Gasteiger partial charge in [0.15, 0.2) is 0 Å². The van der Waals surface area contributed by atoms with Crippen molar-refractivity contribution in [1.82, 2.24) is 0 Å². The normalized spacial score (nSPS) is 17.9. The van der Waals surface area contributed by atoms with Gasteiger partial charge in [0.05, 0.1) is 6.61 Å². The highest BCUT2D eigenvalue weighted by molar-refractivity contribution is 7.98. The summed E-state index contributed by atoms with van der Waals surface area (Å²) < 4.78 is 5.85. The Bertz CT molecular complexity index is 325. The van der Waals surface area contributed by atoms with E-state index in [1.165, 1.54) is 24.2 Å². The van der Waals surface area contributed by atoms with Crippen LogP contribution in [0.3, 0.4) is 0 Å². The fraction of sp³-hybridized carbons (Fsp3) is 0.538. The first kappa shape index (κ1) is 12.2. The highest BCUT2D eigenvalue weighted by atomic mass is 32.2. The Morgan fingerprint density at radius 2 is 2.00 bits per heavy atom. The number of thiol groups is 1. The van der Waals surface area contributed by atoms with Crippen LogP contribution in [0.5, 0.6) is 5.75 Å². The van der Waals surface area contributed by atoms with Crippen LogP contribution in [0, 0.1) is 5.41 Å². The summed E-state index contributed by atoms with van der Waals surface area (Å²) in [5.41, 5.74) is 0.349. The molecule has 0 atom stereocenters. The van der Waals surface area contributed by atoms with Crippen molar-refractivity contribution >= 4 is 24.4 Å². The van der Waals surface area contributed by atoms with Gasteiger partial charge >= 0.3 is 0 Å². The van der Waals surface area contributed by atoms with E-state index in [-0.39, 0.29) is 0 Å². The van der Waals surface area contributed by atoms with Gasteiger partial charge in [-0.1, -0.05) is 6.42 Å². The zero-order valence-electron chi connectivity index (χ0n) is 9.61. The Labute approximate surface area is 107 Å². The molecule has 3 heteroatoms. The SMILES string of the molecule is CSc1ccc(OCC2(CS)CCC2)cc1. The molecule has 1 saturated carbocycles. The molecule has 0 bridgehead atoms. The molecule has 1 aromatic rings. The fourth-order valence-electron chi connectivity index (χ4n) is 1.93. The maximum Gasteiger partial charge on any atom is 0.119 e. The van der Waals surface area contributed by atoms with Crippen LogP contribution in [0.25, 0.3) is 0 Å². The average Bonchev–Trinajstić information content (AvgIpc) is 2.29. The predicted octanol–water partition coefficient (Wildman–Crippen LogP) is 3.89. The molecule has 0 saturated heterocycles. The largest absolute Gasteiger partial charge is 0.493 e. The Kier molecular flexibility index (Phi) is 4.09. The van der Waals surface area contributed by atoms with Crippen LogP contribution in [-0.4, -0.2) is 18.6 Å². The van der Waals surface area contributed by atoms with Gasteiger partial charge in [-0.2, -0.15) is 12.6 Å². The lowest BCUT2D eigenvalue weighted by atomic mass is 9.71. The van der Waals surface area contributed by atoms with E-state index >= 15 is 0 Å². The zero-order chi connectivity index (χ0) is 11.4. The second-order valence-electron chi connectivity index (χ2n) is 4.48. The molecule has 88 valence electrons. The summed E-state index contributed by atoms with van der Waals surface area (Å²) in [7, 11) is 0. The molecule has 1 fully saturated rings. The Morgan fingerprint density at radius 1 is 1.31 bits per heavy atom. The molecule has 0 aromatic heterocycles. The summed E-state index contributed by atoms with van der Waals surface area (Å²) in [5.74, 6) is 1.92. The van der Waals surface area contributed by atoms with Crippen LogP contribution >= 0.6 is 24.4 Å². The summed E-state index contributed by atoms with van der Waals surface area (Å²) in [5, 5.41) is 0. The monoisotopic (exact) mass is 254 g/mol. The molecule has 0 N–H and O–H groups in total. The summed E-state index contributed by atoms with van der Waals surface area (Å²) in [6, 6.07) is 8.32. The quantitative estimate of drug-likeness (QED) is 0.630. The molecule has 0 aliphatic heterocycles. The van der Waals surface area contributed by atoms with Crippen molar-refractivity contribution in [3.63, 3.8) is 0 Å². The van der Waals surface area contributed by atoms with Crippen LogP contribution in [-0.2, 0) is 0 Å². The fourth-order valence-corrected chi connectivity index (χ4v) is 2.75. The van der Waals surface area contributed by atoms with Crippen LogP contribution in [0.1, 0.15) is 19.3 Å². The van der Waals surface area contributed by atoms with Crippen LogP contribution in [0.4, 0.5) is 0 Å². The molecule has 0 heterocycles. The molecule has 0 amide bonds. The smallest absolute Gasteiger partial charge is 0.119 e. The predicted molar refractivity (Wildman–Crippen MR) is 73.9 cm³/mol. The maximum absolute atomic E-state index is 5.85. The van der Waals surface area contributed by atoms with Crippen LogP contribution < -0.4 is 4.74 Å². The van der Waals surface area contributed by atoms with Crippen molar-refractivity contribution in [1.29, 1.82) is 0 Å². The third kappa shape index (κ3) is 2.69. The summed E-state index contributed by atoms with van der Waals surface area (Å²) in [6.07, 6.45) is 5.94. The van der Waals surface area contributed by atoms with Gasteiger partial charge in [0, 0.05) is 10.3 Å². The second kappa shape index (κ2) is 5.37. The van der Waals surface area contributed by atoms with Crippen molar-refractivity contribution in [3.05, 3.63) is 24.3 Å². The Balaban J connectivity index is 1.89. The van der Waals surface area contributed by atoms with E-state index in [1.807, 2.05) is 0 Å². The number of hydrogen-bond donors (Lipinski definition) is 1. The van der Waals surface area contributed by atoms with Gasteiger partial charge in [-0.15, -0.1) is 11.8 Å². The third-order valence-corrected chi connectivity index (χ3v) is 4.77. The van der Waals surface area contributed by atoms with Crippen LogP contribution in [0.15, 0.2) is 29.2 Å². The lowest BCUT2D eigenvalue weighted by Crippen LogP contribution is -2.37. The highest BCUT2D eigenvalue weighted by Gasteiger charge is 2.36. The van der Waals surface area contributed by atoms with E-state index in [4.69, 9.17) is 4.74 Å². The number of ether oxygens (including phenoxy) is 1. The minimum atomic E-state index is 0.349. The standard InChI is InChI=1S/C13H18OS2/c1-16-12-5-3-11(4-6-12)14-9-13(10-15)7-2-8-13/h3-6,15H,2,7-10H2,1H3. The molecule has 16 heavy (non-hydrogen) atoms. The van der Waals surface area contributed by atoms with E-state index in [0.29, 0.717) is 5.41 Å². The molecule has 0 radical (unpaired) electrons. The first-order valence-corrected chi connectivity index (χ1v) is 7.51. The van der Waals surface area contributed by atoms with E-state index in [1.54, 1.807) is 11.8 Å². The molecular formula is C13H18OS2. The van der Waals surface area contributed by atoms with Crippen molar-refractivity contribution in [2.45, 2.75) is 24.2 Å². The summed E-state index contributed by atoms with van der Waals surface area (Å²) in [4.78, 5) is 1.28. The Hall–Kier alpha value is -0.280. The Morgan fingerprint density at radius 3 is 2.44 bits per heavy atom. The molecule has 1 aliphatic carbocycles. The zero-order valence-corrected chi connectivity index (χ0v) is 11.3. The highest BCUT2D eigenvalue weighted by Crippen LogP contribution is 2.42. The maximum atomic E-state index is 5.85. The van der Waals surface area contributed by atoms with Gasteiger partial charge in [0.25, 0.3) is 0 Å². The average molecular weight is 254 g/mol. The van der Waals surface area contributed by atoms with Gasteiger partial charge in [0.1, 0.15) is 5.75 Å². The molecule has 1 aliphatic rings. The summed E-state index contributed by atoms with van der Waals surface area (Å²) in [6.45, 7) is 0.815. The second-order valence-corrected chi connectivity index (χ2v) is 5.67. The summed E-state index contributed by atoms with van der Waals surface area (Å²) >= 11 is 6.18. The van der Waals surface area contributed by atoms with Gasteiger partial charge in [-0.3, -0.25) is 0 Å². The first-order valence-electron chi connectivity index (χ1n) is 5.66. The minimum Gasteiger partial charge on any atom is -0.493 e. The number of benzene rings is 1. The van der Waals surface area contributed by atoms with Crippen LogP contribution in [0.2, 0.25) is 0 Å². The molecule has 1 aromatic carbocycles. The van der Waals surface area contributed by atoms with E-state index < -0.39 is 0 Å². The molecule has 0 spiro atoms. The minimum absolute atomic E-state index is 0.349. The molecule has 2 rings (SSSR count). The lowest BCUT2D eigenvalue weighted by molar-refractivity contribution is 0.0829. The van der Waals surface area contributed by atoms with Gasteiger partial charge in [-0.05, 0) is 49.1 Å². The number of rotatable bonds is 5. The van der Waals surface area contributed by atoms with E-state index in [9.17, 15) is 0 Å². The molecule has 1 nitrogen and oxygen atoms in total. The van der Waals surface area contributed by atoms with Crippen molar-refractivity contribution in [3.8, 4) is 5.75 Å². The van der Waals surface area contributed by atoms with Gasteiger partial charge in [0.2, 0.25) is 0 Å². The lowest BCUT2D eigenvalue weighted by Gasteiger charge is -2.40. The molecular weight excluding hydrogens is 236 g/mol. The topological polar surface area (TPSA) is 9.23 Å². The van der Waals surface area contributed by atoms with E-state index in [2.05, 4.69) is 43.2 Å². The number of hydrogen-bond acceptors (Lipinski definition) is 3. The first-order chi connectivity index (χ1) is 7.78. The van der Waals surface area contributed by atoms with E-state index in [0.717, 1.165) is 18.1 Å².